The monoisotopic (exact) mass is 380 g/mol. The predicted molar refractivity (Wildman–Crippen MR) is 92.1 cm³/mol. The molecular weight excluding hydrogens is 361 g/mol. The molecule has 0 atom stereocenters. The number of anilines is 1. The number of benzene rings is 1. The van der Waals surface area contributed by atoms with Crippen LogP contribution in [0.3, 0.4) is 0 Å². The van der Waals surface area contributed by atoms with Crippen molar-refractivity contribution < 1.29 is 23.1 Å². The SMILES string of the molecule is CC1(n2c(NC(=O)CC(O)(CF)CF)nc3cc(F)c(C#N)cc32)CCC1. The number of aliphatic hydroxyl groups is 1. The van der Waals surface area contributed by atoms with E-state index in [0.717, 1.165) is 25.3 Å². The molecule has 0 bridgehead atoms. The van der Waals surface area contributed by atoms with Crippen molar-refractivity contribution in [2.45, 2.75) is 43.7 Å². The Balaban J connectivity index is 2.03. The van der Waals surface area contributed by atoms with E-state index in [2.05, 4.69) is 10.3 Å². The van der Waals surface area contributed by atoms with E-state index >= 15 is 0 Å². The summed E-state index contributed by atoms with van der Waals surface area (Å²) in [4.78, 5) is 16.4. The lowest BCUT2D eigenvalue weighted by molar-refractivity contribution is -0.122. The zero-order valence-electron chi connectivity index (χ0n) is 14.7. The molecule has 2 N–H and O–H groups in total. The van der Waals surface area contributed by atoms with E-state index in [1.54, 1.807) is 10.6 Å². The van der Waals surface area contributed by atoms with Crippen molar-refractivity contribution in [3.63, 3.8) is 0 Å². The maximum atomic E-state index is 14.0. The van der Waals surface area contributed by atoms with E-state index in [4.69, 9.17) is 5.26 Å². The molecule has 1 amide bonds. The first-order valence-electron chi connectivity index (χ1n) is 8.52. The van der Waals surface area contributed by atoms with Crippen LogP contribution in [0.25, 0.3) is 11.0 Å². The topological polar surface area (TPSA) is 90.9 Å². The van der Waals surface area contributed by atoms with Gasteiger partial charge in [0, 0.05) is 11.6 Å². The van der Waals surface area contributed by atoms with E-state index in [1.807, 2.05) is 6.92 Å². The van der Waals surface area contributed by atoms with Crippen molar-refractivity contribution in [1.29, 1.82) is 5.26 Å². The maximum Gasteiger partial charge on any atom is 0.229 e. The number of nitrogens with zero attached hydrogens (tertiary/aromatic N) is 3. The number of nitrogens with one attached hydrogen (secondary N) is 1. The molecule has 0 spiro atoms. The minimum atomic E-state index is -2.39. The van der Waals surface area contributed by atoms with Crippen LogP contribution in [-0.2, 0) is 10.3 Å². The van der Waals surface area contributed by atoms with Crippen molar-refractivity contribution in [2.24, 2.45) is 0 Å². The van der Waals surface area contributed by atoms with E-state index < -0.39 is 42.6 Å². The summed E-state index contributed by atoms with van der Waals surface area (Å²) in [6.07, 6.45) is 1.76. The number of hydrogen-bond acceptors (Lipinski definition) is 4. The van der Waals surface area contributed by atoms with Gasteiger partial charge in [0.25, 0.3) is 0 Å². The Labute approximate surface area is 153 Å². The van der Waals surface area contributed by atoms with Gasteiger partial charge < -0.3 is 9.67 Å². The van der Waals surface area contributed by atoms with Crippen LogP contribution in [0.2, 0.25) is 0 Å². The average molecular weight is 380 g/mol. The third-order valence-corrected chi connectivity index (χ3v) is 5.07. The highest BCUT2D eigenvalue weighted by atomic mass is 19.1. The number of amides is 1. The molecule has 1 aliphatic carbocycles. The molecule has 9 heteroatoms. The van der Waals surface area contributed by atoms with Crippen molar-refractivity contribution >= 4 is 22.9 Å². The Morgan fingerprint density at radius 1 is 1.44 bits per heavy atom. The van der Waals surface area contributed by atoms with Crippen molar-refractivity contribution in [2.75, 3.05) is 18.7 Å². The fourth-order valence-corrected chi connectivity index (χ4v) is 3.32. The van der Waals surface area contributed by atoms with Gasteiger partial charge in [-0.05, 0) is 32.3 Å². The number of aromatic nitrogens is 2. The second kappa shape index (κ2) is 6.85. The third-order valence-electron chi connectivity index (χ3n) is 5.07. The number of alkyl halides is 2. The van der Waals surface area contributed by atoms with Crippen molar-refractivity contribution in [3.05, 3.63) is 23.5 Å². The zero-order chi connectivity index (χ0) is 19.8. The number of imidazole rings is 1. The molecule has 3 rings (SSSR count). The molecule has 2 aromatic rings. The van der Waals surface area contributed by atoms with Gasteiger partial charge in [-0.3, -0.25) is 10.1 Å². The number of halogens is 3. The summed E-state index contributed by atoms with van der Waals surface area (Å²) >= 11 is 0. The van der Waals surface area contributed by atoms with Gasteiger partial charge in [0.05, 0.1) is 23.0 Å². The third kappa shape index (κ3) is 3.37. The summed E-state index contributed by atoms with van der Waals surface area (Å²) in [5.41, 5.74) is -2.19. The van der Waals surface area contributed by atoms with Crippen molar-refractivity contribution in [1.82, 2.24) is 9.55 Å². The summed E-state index contributed by atoms with van der Waals surface area (Å²) in [5.74, 6) is -1.45. The zero-order valence-corrected chi connectivity index (χ0v) is 14.7. The van der Waals surface area contributed by atoms with Crippen LogP contribution in [0.15, 0.2) is 12.1 Å². The first kappa shape index (κ1) is 19.2. The number of hydrogen-bond donors (Lipinski definition) is 2. The molecule has 1 aliphatic rings. The number of carbonyl (C=O) groups excluding carboxylic acids is 1. The van der Waals surface area contributed by atoms with Gasteiger partial charge in [-0.15, -0.1) is 0 Å². The predicted octanol–water partition coefficient (Wildman–Crippen LogP) is 2.94. The summed E-state index contributed by atoms with van der Waals surface area (Å²) in [7, 11) is 0. The van der Waals surface area contributed by atoms with Gasteiger partial charge in [-0.25, -0.2) is 18.2 Å². The maximum absolute atomic E-state index is 14.0. The Bertz CT molecular complexity index is 927. The minimum Gasteiger partial charge on any atom is -0.384 e. The smallest absolute Gasteiger partial charge is 0.229 e. The molecule has 0 radical (unpaired) electrons. The van der Waals surface area contributed by atoms with Crippen LogP contribution >= 0.6 is 0 Å². The van der Waals surface area contributed by atoms with Crippen LogP contribution in [0.4, 0.5) is 19.1 Å². The average Bonchev–Trinajstić information content (AvgIpc) is 2.95. The van der Waals surface area contributed by atoms with Crippen LogP contribution in [0, 0.1) is 17.1 Å². The molecule has 1 aromatic carbocycles. The Hall–Kier alpha value is -2.60. The molecule has 1 fully saturated rings. The highest BCUT2D eigenvalue weighted by Crippen LogP contribution is 2.43. The standard InChI is InChI=1S/C18H19F3N4O2/c1-17(3-2-4-17)25-14-5-11(8-22)12(21)6-13(14)23-16(25)24-15(26)7-18(27,9-19)10-20/h5-6,27H,2-4,7,9-10H2,1H3,(H,23,24,26). The van der Waals surface area contributed by atoms with Gasteiger partial charge in [0.2, 0.25) is 11.9 Å². The Kier molecular flexibility index (Phi) is 4.86. The van der Waals surface area contributed by atoms with E-state index in [1.165, 1.54) is 6.07 Å². The van der Waals surface area contributed by atoms with Crippen LogP contribution in [-0.4, -0.2) is 39.5 Å². The fourth-order valence-electron chi connectivity index (χ4n) is 3.32. The van der Waals surface area contributed by atoms with Crippen molar-refractivity contribution in [3.8, 4) is 6.07 Å². The van der Waals surface area contributed by atoms with E-state index in [0.29, 0.717) is 5.52 Å². The summed E-state index contributed by atoms with van der Waals surface area (Å²) < 4.78 is 41.3. The van der Waals surface area contributed by atoms with Crippen LogP contribution in [0.1, 0.15) is 38.2 Å². The van der Waals surface area contributed by atoms with Gasteiger partial charge >= 0.3 is 0 Å². The second-order valence-corrected chi connectivity index (χ2v) is 7.27. The molecule has 144 valence electrons. The molecule has 27 heavy (non-hydrogen) atoms. The fraction of sp³-hybridized carbons (Fsp3) is 0.500. The summed E-state index contributed by atoms with van der Waals surface area (Å²) in [6.45, 7) is -0.855. The van der Waals surface area contributed by atoms with Gasteiger partial charge in [-0.2, -0.15) is 5.26 Å². The van der Waals surface area contributed by atoms with Gasteiger partial charge in [0.1, 0.15) is 30.8 Å². The first-order valence-corrected chi connectivity index (χ1v) is 8.52. The summed E-state index contributed by atoms with van der Waals surface area (Å²) in [6, 6.07) is 4.26. The number of nitriles is 1. The highest BCUT2D eigenvalue weighted by Gasteiger charge is 2.38. The molecular formula is C18H19F3N4O2. The largest absolute Gasteiger partial charge is 0.384 e. The van der Waals surface area contributed by atoms with Gasteiger partial charge in [0.15, 0.2) is 0 Å². The van der Waals surface area contributed by atoms with Crippen LogP contribution in [0.5, 0.6) is 0 Å². The number of carbonyl (C=O) groups is 1. The molecule has 0 aliphatic heterocycles. The highest BCUT2D eigenvalue weighted by molar-refractivity contribution is 5.92. The molecule has 1 heterocycles. The quantitative estimate of drug-likeness (QED) is 0.806. The lowest BCUT2D eigenvalue weighted by Crippen LogP contribution is -2.40. The van der Waals surface area contributed by atoms with E-state index in [9.17, 15) is 23.1 Å². The Morgan fingerprint density at radius 3 is 2.63 bits per heavy atom. The molecule has 1 saturated carbocycles. The van der Waals surface area contributed by atoms with Crippen LogP contribution < -0.4 is 5.32 Å². The molecule has 1 aromatic heterocycles. The molecule has 0 saturated heterocycles. The normalized spacial score (nSPS) is 16.0. The lowest BCUT2D eigenvalue weighted by atomic mass is 9.78. The second-order valence-electron chi connectivity index (χ2n) is 7.27. The van der Waals surface area contributed by atoms with Gasteiger partial charge in [-0.1, -0.05) is 0 Å². The molecule has 0 unspecified atom stereocenters. The minimum absolute atomic E-state index is 0.0896. The first-order chi connectivity index (χ1) is 12.7. The number of rotatable bonds is 6. The van der Waals surface area contributed by atoms with E-state index in [-0.39, 0.29) is 17.0 Å². The Morgan fingerprint density at radius 2 is 2.11 bits per heavy atom. The lowest BCUT2D eigenvalue weighted by Gasteiger charge is -2.41. The molecule has 6 nitrogen and oxygen atoms in total. The summed E-state index contributed by atoms with van der Waals surface area (Å²) in [5, 5.41) is 21.2. The number of fused-ring (bicyclic) bond motifs is 1.